The van der Waals surface area contributed by atoms with Gasteiger partial charge in [0.2, 0.25) is 5.91 Å². The second-order valence-electron chi connectivity index (χ2n) is 12.1. The molecule has 2 heterocycles. The number of piperidine rings is 1. The molecule has 4 aliphatic rings. The van der Waals surface area contributed by atoms with Crippen LogP contribution >= 0.6 is 0 Å². The fraction of sp³-hybridized carbons (Fsp3) is 0.655. The monoisotopic (exact) mass is 463 g/mol. The van der Waals surface area contributed by atoms with E-state index >= 15 is 0 Å². The predicted molar refractivity (Wildman–Crippen MR) is 135 cm³/mol. The highest BCUT2D eigenvalue weighted by molar-refractivity contribution is 6.01. The molecule has 2 saturated carbocycles. The summed E-state index contributed by atoms with van der Waals surface area (Å²) in [5.74, 6) is 0.547. The molecule has 1 aromatic carbocycles. The lowest BCUT2D eigenvalue weighted by Crippen LogP contribution is -2.49. The van der Waals surface area contributed by atoms with Gasteiger partial charge in [-0.3, -0.25) is 9.59 Å². The van der Waals surface area contributed by atoms with Crippen LogP contribution in [0.25, 0.3) is 0 Å². The fourth-order valence-corrected chi connectivity index (χ4v) is 6.95. The Hall–Kier alpha value is -2.14. The molecule has 0 radical (unpaired) electrons. The topological polar surface area (TPSA) is 61.4 Å². The number of nitrogens with zero attached hydrogens (tertiary/aromatic N) is 1. The number of fused-ring (bicyclic) bond motifs is 1. The van der Waals surface area contributed by atoms with Crippen LogP contribution in [-0.4, -0.2) is 34.8 Å². The molecular weight excluding hydrogens is 422 g/mol. The van der Waals surface area contributed by atoms with Gasteiger partial charge in [-0.1, -0.05) is 51.8 Å². The summed E-state index contributed by atoms with van der Waals surface area (Å²) in [5, 5.41) is 6.92. The molecule has 0 spiro atoms. The molecule has 34 heavy (non-hydrogen) atoms. The van der Waals surface area contributed by atoms with Crippen LogP contribution in [0.2, 0.25) is 0 Å². The van der Waals surface area contributed by atoms with E-state index in [0.717, 1.165) is 29.7 Å². The van der Waals surface area contributed by atoms with E-state index in [2.05, 4.69) is 43.2 Å². The van der Waals surface area contributed by atoms with Crippen LogP contribution < -0.4 is 10.6 Å². The Kier molecular flexibility index (Phi) is 6.58. The van der Waals surface area contributed by atoms with Crippen LogP contribution in [0.15, 0.2) is 30.5 Å². The van der Waals surface area contributed by atoms with E-state index in [9.17, 15) is 9.59 Å². The quantitative estimate of drug-likeness (QED) is 0.639. The number of hydrogen-bond acceptors (Lipinski definition) is 3. The van der Waals surface area contributed by atoms with Crippen LogP contribution in [0.5, 0.6) is 0 Å². The lowest BCUT2D eigenvalue weighted by atomic mass is 9.74. The van der Waals surface area contributed by atoms with E-state index in [0.29, 0.717) is 36.4 Å². The average molecular weight is 464 g/mol. The summed E-state index contributed by atoms with van der Waals surface area (Å²) < 4.78 is 0. The van der Waals surface area contributed by atoms with E-state index < -0.39 is 0 Å². The molecule has 2 N–H and O–H groups in total. The smallest absolute Gasteiger partial charge is 0.255 e. The number of amides is 2. The van der Waals surface area contributed by atoms with Gasteiger partial charge in [0.15, 0.2) is 0 Å². The lowest BCUT2D eigenvalue weighted by molar-refractivity contribution is -0.126. The Morgan fingerprint density at radius 2 is 1.94 bits per heavy atom. The highest BCUT2D eigenvalue weighted by Gasteiger charge is 2.38. The summed E-state index contributed by atoms with van der Waals surface area (Å²) in [6, 6.07) is 7.25. The third-order valence-electron chi connectivity index (χ3n) is 8.76. The Morgan fingerprint density at radius 3 is 2.74 bits per heavy atom. The summed E-state index contributed by atoms with van der Waals surface area (Å²) in [6.45, 7) is 9.23. The maximum atomic E-state index is 13.1. The zero-order chi connectivity index (χ0) is 23.9. The molecule has 5 rings (SSSR count). The van der Waals surface area contributed by atoms with Crippen LogP contribution in [0, 0.1) is 11.3 Å². The molecule has 0 bridgehead atoms. The van der Waals surface area contributed by atoms with Crippen LogP contribution in [0.4, 0.5) is 0 Å². The number of carbonyl (C=O) groups excluding carboxylic acids is 2. The zero-order valence-electron chi connectivity index (χ0n) is 21.0. The van der Waals surface area contributed by atoms with Crippen molar-refractivity contribution in [1.82, 2.24) is 15.5 Å². The standard InChI is InChI=1S/C29H41N3O2/c1-19-10-13-26(27(33)30-19)32-18-22-16-20(11-12-24(22)28(32)34)15-21-7-4-5-9-25(21)31-23-8-6-14-29(2,3)17-23/h11-12,16,21,23,25-26,31H,1,4-10,13-15,17-18H2,2-3H3,(H,30,33)/t21-,23-,25+,26?/m1/s1. The minimum Gasteiger partial charge on any atom is -0.329 e. The first-order valence-corrected chi connectivity index (χ1v) is 13.5. The SMILES string of the molecule is C=C1CCC(N2Cc3cc(C[C@H]4CCCC[C@@H]4N[C@@H]4CCCC(C)(C)C4)ccc3C2=O)C(=O)N1. The van der Waals surface area contributed by atoms with Gasteiger partial charge in [0.05, 0.1) is 0 Å². The minimum atomic E-state index is -0.388. The lowest BCUT2D eigenvalue weighted by Gasteiger charge is -2.41. The summed E-state index contributed by atoms with van der Waals surface area (Å²) in [7, 11) is 0. The number of carbonyl (C=O) groups is 2. The van der Waals surface area contributed by atoms with Crippen molar-refractivity contribution < 1.29 is 9.59 Å². The first kappa shape index (κ1) is 23.6. The molecule has 184 valence electrons. The van der Waals surface area contributed by atoms with Gasteiger partial charge in [-0.25, -0.2) is 0 Å². The molecule has 4 atom stereocenters. The summed E-state index contributed by atoms with van der Waals surface area (Å²) in [6.07, 6.45) is 12.9. The van der Waals surface area contributed by atoms with Gasteiger partial charge in [0.25, 0.3) is 5.91 Å². The molecule has 5 nitrogen and oxygen atoms in total. The largest absolute Gasteiger partial charge is 0.329 e. The maximum Gasteiger partial charge on any atom is 0.255 e. The van der Waals surface area contributed by atoms with Crippen molar-refractivity contribution in [1.29, 1.82) is 0 Å². The molecule has 1 saturated heterocycles. The van der Waals surface area contributed by atoms with Gasteiger partial charge >= 0.3 is 0 Å². The third-order valence-corrected chi connectivity index (χ3v) is 8.76. The normalized spacial score (nSPS) is 31.4. The van der Waals surface area contributed by atoms with Crippen molar-refractivity contribution >= 4 is 11.8 Å². The van der Waals surface area contributed by atoms with E-state index in [-0.39, 0.29) is 17.9 Å². The molecule has 0 aromatic heterocycles. The van der Waals surface area contributed by atoms with Crippen molar-refractivity contribution in [3.05, 3.63) is 47.2 Å². The second-order valence-corrected chi connectivity index (χ2v) is 12.1. The molecule has 1 aromatic rings. The van der Waals surface area contributed by atoms with Crippen molar-refractivity contribution in [2.75, 3.05) is 0 Å². The van der Waals surface area contributed by atoms with E-state index in [1.165, 1.54) is 56.9 Å². The molecule has 2 aliphatic heterocycles. The molecule has 2 aliphatic carbocycles. The minimum absolute atomic E-state index is 0.00802. The van der Waals surface area contributed by atoms with E-state index in [1.54, 1.807) is 4.90 Å². The van der Waals surface area contributed by atoms with E-state index in [1.807, 2.05) is 6.07 Å². The predicted octanol–water partition coefficient (Wildman–Crippen LogP) is 5.09. The van der Waals surface area contributed by atoms with Gasteiger partial charge in [-0.2, -0.15) is 0 Å². The maximum absolute atomic E-state index is 13.1. The molecule has 3 fully saturated rings. The Labute approximate surface area is 204 Å². The average Bonchev–Trinajstić information content (AvgIpc) is 3.10. The Morgan fingerprint density at radius 1 is 1.12 bits per heavy atom. The molecular formula is C29H41N3O2. The van der Waals surface area contributed by atoms with Crippen LogP contribution in [-0.2, 0) is 17.8 Å². The Balaban J connectivity index is 1.25. The van der Waals surface area contributed by atoms with Gasteiger partial charge < -0.3 is 15.5 Å². The molecule has 5 heteroatoms. The van der Waals surface area contributed by atoms with Gasteiger partial charge in [-0.05, 0) is 79.9 Å². The van der Waals surface area contributed by atoms with Crippen LogP contribution in [0.1, 0.15) is 99.5 Å². The second kappa shape index (κ2) is 9.49. The molecule has 1 unspecified atom stereocenters. The number of rotatable bonds is 5. The molecule has 2 amide bonds. The van der Waals surface area contributed by atoms with Gasteiger partial charge in [0.1, 0.15) is 6.04 Å². The fourth-order valence-electron chi connectivity index (χ4n) is 6.95. The van der Waals surface area contributed by atoms with Crippen molar-refractivity contribution in [3.8, 4) is 0 Å². The zero-order valence-corrected chi connectivity index (χ0v) is 21.0. The van der Waals surface area contributed by atoms with E-state index in [4.69, 9.17) is 0 Å². The number of nitrogens with one attached hydrogen (secondary N) is 2. The summed E-state index contributed by atoms with van der Waals surface area (Å²) >= 11 is 0. The third kappa shape index (κ3) is 4.95. The first-order chi connectivity index (χ1) is 16.3. The van der Waals surface area contributed by atoms with Gasteiger partial charge in [0, 0.05) is 29.9 Å². The number of hydrogen-bond donors (Lipinski definition) is 2. The summed E-state index contributed by atoms with van der Waals surface area (Å²) in [5.41, 5.74) is 4.39. The van der Waals surface area contributed by atoms with Crippen molar-refractivity contribution in [2.24, 2.45) is 11.3 Å². The van der Waals surface area contributed by atoms with Crippen molar-refractivity contribution in [3.63, 3.8) is 0 Å². The first-order valence-electron chi connectivity index (χ1n) is 13.5. The summed E-state index contributed by atoms with van der Waals surface area (Å²) in [4.78, 5) is 27.3. The van der Waals surface area contributed by atoms with Crippen LogP contribution in [0.3, 0.4) is 0 Å². The number of benzene rings is 1. The van der Waals surface area contributed by atoms with Gasteiger partial charge in [-0.15, -0.1) is 0 Å². The highest BCUT2D eigenvalue weighted by atomic mass is 16.2. The van der Waals surface area contributed by atoms with Crippen molar-refractivity contribution in [2.45, 2.75) is 109 Å². The number of allylic oxidation sites excluding steroid dienone is 1. The highest BCUT2D eigenvalue weighted by Crippen LogP contribution is 2.37. The Bertz CT molecular complexity index is 968.